The number of carbonyl (C=O) groups is 1. The molecular formula is C23H18F3N7O2. The third-order valence-corrected chi connectivity index (χ3v) is 4.59. The Morgan fingerprint density at radius 1 is 1.14 bits per heavy atom. The largest absolute Gasteiger partial charge is 0.438 e. The predicted molar refractivity (Wildman–Crippen MR) is 122 cm³/mol. The van der Waals surface area contributed by atoms with E-state index in [2.05, 4.69) is 37.3 Å². The van der Waals surface area contributed by atoms with E-state index in [1.54, 1.807) is 42.3 Å². The summed E-state index contributed by atoms with van der Waals surface area (Å²) in [6.07, 6.45) is 3.12. The summed E-state index contributed by atoms with van der Waals surface area (Å²) in [7, 11) is 1.74. The highest BCUT2D eigenvalue weighted by molar-refractivity contribution is 5.98. The zero-order valence-corrected chi connectivity index (χ0v) is 18.2. The molecule has 0 unspecified atom stereocenters. The number of pyridine rings is 1. The van der Waals surface area contributed by atoms with Crippen LogP contribution in [0.5, 0.6) is 11.6 Å². The topological polar surface area (TPSA) is 107 Å². The number of ether oxygens (including phenoxy) is 1. The van der Waals surface area contributed by atoms with Gasteiger partial charge in [-0.1, -0.05) is 12.6 Å². The molecule has 4 aromatic rings. The number of nitrogens with one attached hydrogen (secondary N) is 2. The molecule has 0 fully saturated rings. The molecule has 4 rings (SSSR count). The van der Waals surface area contributed by atoms with Gasteiger partial charge in [-0.3, -0.25) is 14.5 Å². The number of alkyl halides is 3. The van der Waals surface area contributed by atoms with E-state index in [1.807, 2.05) is 0 Å². The predicted octanol–water partition coefficient (Wildman–Crippen LogP) is 4.95. The molecule has 2 N–H and O–H groups in total. The number of carbonyl (C=O) groups excluding carboxylic acids is 1. The van der Waals surface area contributed by atoms with Gasteiger partial charge in [0.05, 0.1) is 23.0 Å². The highest BCUT2D eigenvalue weighted by atomic mass is 19.4. The molecule has 0 bridgehead atoms. The van der Waals surface area contributed by atoms with Crippen LogP contribution in [0.2, 0.25) is 0 Å². The molecule has 1 amide bonds. The maximum Gasteiger partial charge on any atom is 0.417 e. The molecule has 0 radical (unpaired) electrons. The minimum atomic E-state index is -4.58. The van der Waals surface area contributed by atoms with Crippen LogP contribution in [0.1, 0.15) is 5.56 Å². The van der Waals surface area contributed by atoms with Crippen molar-refractivity contribution in [1.82, 2.24) is 24.7 Å². The molecule has 0 saturated heterocycles. The van der Waals surface area contributed by atoms with Crippen LogP contribution in [0.3, 0.4) is 0 Å². The lowest BCUT2D eigenvalue weighted by atomic mass is 10.1. The van der Waals surface area contributed by atoms with Gasteiger partial charge in [0, 0.05) is 49.2 Å². The molecule has 0 atom stereocenters. The van der Waals surface area contributed by atoms with E-state index in [9.17, 15) is 18.0 Å². The van der Waals surface area contributed by atoms with E-state index in [4.69, 9.17) is 4.74 Å². The standard InChI is InChI=1S/C23H18F3N7O2/c1-3-20(34)30-16-5-4-6-18(8-16)35-21-19(14-7-15(10-27-9-14)23(24,25)26)12-28-22(32-21)31-17-11-29-33(2)13-17/h3-13H,1H2,2H3,(H,30,34)(H,28,31,32). The summed E-state index contributed by atoms with van der Waals surface area (Å²) in [5.74, 6) is -0.0329. The second-order valence-corrected chi connectivity index (χ2v) is 7.22. The van der Waals surface area contributed by atoms with Crippen LogP contribution in [0.15, 0.2) is 74.0 Å². The molecular weight excluding hydrogens is 463 g/mol. The van der Waals surface area contributed by atoms with Crippen molar-refractivity contribution in [2.24, 2.45) is 7.05 Å². The van der Waals surface area contributed by atoms with Crippen molar-refractivity contribution in [3.8, 4) is 22.8 Å². The quantitative estimate of drug-likeness (QED) is 0.360. The highest BCUT2D eigenvalue weighted by Crippen LogP contribution is 2.36. The fourth-order valence-electron chi connectivity index (χ4n) is 3.00. The first-order valence-electron chi connectivity index (χ1n) is 10.1. The summed E-state index contributed by atoms with van der Waals surface area (Å²) in [6, 6.07) is 7.35. The van der Waals surface area contributed by atoms with E-state index in [0.717, 1.165) is 18.3 Å². The molecule has 0 aliphatic carbocycles. The van der Waals surface area contributed by atoms with Crippen LogP contribution in [0.4, 0.5) is 30.5 Å². The van der Waals surface area contributed by atoms with Crippen LogP contribution in [0.25, 0.3) is 11.1 Å². The molecule has 0 spiro atoms. The van der Waals surface area contributed by atoms with Crippen molar-refractivity contribution in [1.29, 1.82) is 0 Å². The zero-order valence-electron chi connectivity index (χ0n) is 18.2. The minimum absolute atomic E-state index is 0.0280. The molecule has 0 saturated carbocycles. The Morgan fingerprint density at radius 3 is 2.69 bits per heavy atom. The molecule has 3 heterocycles. The Labute approximate surface area is 197 Å². The molecule has 1 aromatic carbocycles. The van der Waals surface area contributed by atoms with Gasteiger partial charge in [-0.05, 0) is 24.3 Å². The number of halogens is 3. The lowest BCUT2D eigenvalue weighted by Gasteiger charge is -2.14. The number of aryl methyl sites for hydroxylation is 1. The van der Waals surface area contributed by atoms with Crippen LogP contribution in [-0.2, 0) is 18.0 Å². The second kappa shape index (κ2) is 9.63. The van der Waals surface area contributed by atoms with Crippen molar-refractivity contribution in [3.05, 3.63) is 79.5 Å². The SMILES string of the molecule is C=CC(=O)Nc1cccc(Oc2nc(Nc3cnn(C)c3)ncc2-c2cncc(C(F)(F)F)c2)c1. The van der Waals surface area contributed by atoms with Crippen molar-refractivity contribution < 1.29 is 22.7 Å². The summed E-state index contributed by atoms with van der Waals surface area (Å²) in [5, 5.41) is 9.62. The first-order chi connectivity index (χ1) is 16.7. The fraction of sp³-hybridized carbons (Fsp3) is 0.0870. The monoisotopic (exact) mass is 481 g/mol. The van der Waals surface area contributed by atoms with Crippen molar-refractivity contribution >= 4 is 23.2 Å². The Morgan fingerprint density at radius 2 is 1.97 bits per heavy atom. The van der Waals surface area contributed by atoms with Crippen LogP contribution < -0.4 is 15.4 Å². The summed E-state index contributed by atoms with van der Waals surface area (Å²) in [6.45, 7) is 3.40. The maximum absolute atomic E-state index is 13.3. The van der Waals surface area contributed by atoms with Gasteiger partial charge >= 0.3 is 6.18 Å². The summed E-state index contributed by atoms with van der Waals surface area (Å²) in [5.41, 5.74) is 0.394. The van der Waals surface area contributed by atoms with Gasteiger partial charge in [0.2, 0.25) is 17.7 Å². The number of aromatic nitrogens is 5. The van der Waals surface area contributed by atoms with Crippen LogP contribution in [-0.4, -0.2) is 30.6 Å². The molecule has 35 heavy (non-hydrogen) atoms. The van der Waals surface area contributed by atoms with Crippen molar-refractivity contribution in [3.63, 3.8) is 0 Å². The Balaban J connectivity index is 1.73. The first kappa shape index (κ1) is 23.4. The van der Waals surface area contributed by atoms with Gasteiger partial charge in [-0.25, -0.2) is 4.98 Å². The van der Waals surface area contributed by atoms with E-state index >= 15 is 0 Å². The number of hydrogen-bond donors (Lipinski definition) is 2. The third kappa shape index (κ3) is 5.79. The normalized spacial score (nSPS) is 11.1. The van der Waals surface area contributed by atoms with Crippen molar-refractivity contribution in [2.75, 3.05) is 10.6 Å². The first-order valence-corrected chi connectivity index (χ1v) is 10.1. The van der Waals surface area contributed by atoms with E-state index < -0.39 is 17.6 Å². The van der Waals surface area contributed by atoms with Gasteiger partial charge in [-0.15, -0.1) is 0 Å². The number of amides is 1. The number of benzene rings is 1. The fourth-order valence-corrected chi connectivity index (χ4v) is 3.00. The lowest BCUT2D eigenvalue weighted by molar-refractivity contribution is -0.137. The lowest BCUT2D eigenvalue weighted by Crippen LogP contribution is -2.07. The average Bonchev–Trinajstić information content (AvgIpc) is 3.23. The van der Waals surface area contributed by atoms with Gasteiger partial charge in [0.1, 0.15) is 5.75 Å². The second-order valence-electron chi connectivity index (χ2n) is 7.22. The molecule has 3 aromatic heterocycles. The van der Waals surface area contributed by atoms with E-state index in [1.165, 1.54) is 18.5 Å². The smallest absolute Gasteiger partial charge is 0.417 e. The third-order valence-electron chi connectivity index (χ3n) is 4.59. The van der Waals surface area contributed by atoms with Gasteiger partial charge < -0.3 is 15.4 Å². The number of hydrogen-bond acceptors (Lipinski definition) is 7. The van der Waals surface area contributed by atoms with Crippen LogP contribution >= 0.6 is 0 Å². The maximum atomic E-state index is 13.3. The van der Waals surface area contributed by atoms with E-state index in [0.29, 0.717) is 11.4 Å². The number of anilines is 3. The van der Waals surface area contributed by atoms with Crippen LogP contribution in [0, 0.1) is 0 Å². The molecule has 178 valence electrons. The van der Waals surface area contributed by atoms with Gasteiger partial charge in [-0.2, -0.15) is 23.3 Å². The number of nitrogens with zero attached hydrogens (tertiary/aromatic N) is 5. The molecule has 0 aliphatic heterocycles. The van der Waals surface area contributed by atoms with Crippen molar-refractivity contribution in [2.45, 2.75) is 6.18 Å². The summed E-state index contributed by atoms with van der Waals surface area (Å²) < 4.78 is 47.3. The highest BCUT2D eigenvalue weighted by Gasteiger charge is 2.31. The minimum Gasteiger partial charge on any atom is -0.438 e. The molecule has 9 nitrogen and oxygen atoms in total. The summed E-state index contributed by atoms with van der Waals surface area (Å²) >= 11 is 0. The van der Waals surface area contributed by atoms with Gasteiger partial charge in [0.15, 0.2) is 0 Å². The Kier molecular flexibility index (Phi) is 6.44. The zero-order chi connectivity index (χ0) is 25.0. The Hall–Kier alpha value is -4.74. The number of rotatable bonds is 7. The van der Waals surface area contributed by atoms with E-state index in [-0.39, 0.29) is 28.7 Å². The molecule has 12 heteroatoms. The molecule has 0 aliphatic rings. The average molecular weight is 481 g/mol. The Bertz CT molecular complexity index is 1390. The summed E-state index contributed by atoms with van der Waals surface area (Å²) in [4.78, 5) is 23.9. The van der Waals surface area contributed by atoms with Gasteiger partial charge in [0.25, 0.3) is 0 Å².